The number of aromatic nitrogens is 2. The van der Waals surface area contributed by atoms with Crippen molar-refractivity contribution in [3.05, 3.63) is 22.7 Å². The lowest BCUT2D eigenvalue weighted by atomic mass is 10.0. The molecule has 0 spiro atoms. The van der Waals surface area contributed by atoms with Gasteiger partial charge in [0, 0.05) is 29.9 Å². The minimum absolute atomic E-state index is 0.0419. The maximum atomic E-state index is 12.2. The highest BCUT2D eigenvalue weighted by molar-refractivity contribution is 6.18. The van der Waals surface area contributed by atoms with Gasteiger partial charge < -0.3 is 9.88 Å². The van der Waals surface area contributed by atoms with Gasteiger partial charge in [0.25, 0.3) is 5.56 Å². The van der Waals surface area contributed by atoms with Gasteiger partial charge in [0.1, 0.15) is 0 Å². The normalized spacial score (nSPS) is 18.8. The highest BCUT2D eigenvalue weighted by Crippen LogP contribution is 2.33. The van der Waals surface area contributed by atoms with Gasteiger partial charge in [-0.3, -0.25) is 4.79 Å². The lowest BCUT2D eigenvalue weighted by molar-refractivity contribution is 0.547. The largest absolute Gasteiger partial charge is 0.359 e. The quantitative estimate of drug-likeness (QED) is 0.822. The molecule has 1 atom stereocenters. The summed E-state index contributed by atoms with van der Waals surface area (Å²) in [5.41, 5.74) is -0.323. The van der Waals surface area contributed by atoms with Crippen LogP contribution in [0.2, 0.25) is 0 Å². The van der Waals surface area contributed by atoms with Crippen LogP contribution in [0.25, 0.3) is 0 Å². The first-order chi connectivity index (χ1) is 8.09. The topological polar surface area (TPSA) is 46.9 Å². The third kappa shape index (κ3) is 2.63. The zero-order valence-electron chi connectivity index (χ0n) is 10.2. The molecule has 0 bridgehead atoms. The van der Waals surface area contributed by atoms with Crippen molar-refractivity contribution in [2.45, 2.75) is 44.7 Å². The molecule has 1 unspecified atom stereocenters. The Morgan fingerprint density at radius 3 is 2.88 bits per heavy atom. The molecule has 1 aromatic heterocycles. The molecule has 5 heteroatoms. The van der Waals surface area contributed by atoms with Gasteiger partial charge >= 0.3 is 0 Å². The predicted molar refractivity (Wildman–Crippen MR) is 69.8 cm³/mol. The standard InChI is InChI=1S/C12H18ClN3O/c1-3-12(2,8-13)15-10-11(17)16(7-6-14-10)9-4-5-9/h6-7,9H,3-5,8H2,1-2H3,(H,14,15). The summed E-state index contributed by atoms with van der Waals surface area (Å²) in [6.07, 6.45) is 6.45. The maximum absolute atomic E-state index is 12.2. The van der Waals surface area contributed by atoms with Gasteiger partial charge in [-0.15, -0.1) is 11.6 Å². The van der Waals surface area contributed by atoms with Gasteiger partial charge in [-0.2, -0.15) is 0 Å². The van der Waals surface area contributed by atoms with E-state index in [1.807, 2.05) is 13.8 Å². The smallest absolute Gasteiger partial charge is 0.293 e. The maximum Gasteiger partial charge on any atom is 0.293 e. The number of hydrogen-bond donors (Lipinski definition) is 1. The Morgan fingerprint density at radius 2 is 2.35 bits per heavy atom. The van der Waals surface area contributed by atoms with E-state index in [1.54, 1.807) is 17.0 Å². The fourth-order valence-electron chi connectivity index (χ4n) is 1.65. The molecule has 1 saturated carbocycles. The second kappa shape index (κ2) is 4.69. The summed E-state index contributed by atoms with van der Waals surface area (Å²) in [4.78, 5) is 16.3. The third-order valence-corrected chi connectivity index (χ3v) is 3.89. The molecule has 2 rings (SSSR count). The van der Waals surface area contributed by atoms with Crippen LogP contribution in [0, 0.1) is 0 Å². The van der Waals surface area contributed by atoms with Crippen molar-refractivity contribution in [1.82, 2.24) is 9.55 Å². The van der Waals surface area contributed by atoms with Crippen molar-refractivity contribution in [2.24, 2.45) is 0 Å². The van der Waals surface area contributed by atoms with Crippen LogP contribution >= 0.6 is 11.6 Å². The second-order valence-electron chi connectivity index (χ2n) is 4.89. The minimum atomic E-state index is -0.281. The first kappa shape index (κ1) is 12.4. The van der Waals surface area contributed by atoms with Crippen LogP contribution in [0.1, 0.15) is 39.2 Å². The Bertz CT molecular complexity index is 449. The number of rotatable bonds is 5. The van der Waals surface area contributed by atoms with Crippen LogP contribution in [0.3, 0.4) is 0 Å². The van der Waals surface area contributed by atoms with Crippen LogP contribution in [0.15, 0.2) is 17.2 Å². The van der Waals surface area contributed by atoms with Gasteiger partial charge in [-0.25, -0.2) is 4.98 Å². The molecule has 1 aliphatic carbocycles. The molecule has 1 aliphatic rings. The highest BCUT2D eigenvalue weighted by Gasteiger charge is 2.27. The zero-order chi connectivity index (χ0) is 12.5. The number of alkyl halides is 1. The summed E-state index contributed by atoms with van der Waals surface area (Å²) in [5, 5.41) is 3.17. The van der Waals surface area contributed by atoms with Crippen LogP contribution < -0.4 is 10.9 Å². The number of nitrogens with zero attached hydrogens (tertiary/aromatic N) is 2. The molecule has 17 heavy (non-hydrogen) atoms. The number of nitrogens with one attached hydrogen (secondary N) is 1. The van der Waals surface area contributed by atoms with E-state index < -0.39 is 0 Å². The zero-order valence-corrected chi connectivity index (χ0v) is 11.0. The van der Waals surface area contributed by atoms with Crippen LogP contribution in [0.5, 0.6) is 0 Å². The molecule has 1 aromatic rings. The van der Waals surface area contributed by atoms with Crippen molar-refractivity contribution in [2.75, 3.05) is 11.2 Å². The van der Waals surface area contributed by atoms with Crippen molar-refractivity contribution < 1.29 is 0 Å². The predicted octanol–water partition coefficient (Wildman–Crippen LogP) is 2.40. The minimum Gasteiger partial charge on any atom is -0.359 e. The van der Waals surface area contributed by atoms with Crippen molar-refractivity contribution in [3.63, 3.8) is 0 Å². The molecule has 0 amide bonds. The van der Waals surface area contributed by atoms with Gasteiger partial charge in [0.15, 0.2) is 5.82 Å². The van der Waals surface area contributed by atoms with Gasteiger partial charge in [0.05, 0.1) is 0 Å². The molecule has 1 heterocycles. The molecule has 94 valence electrons. The lowest BCUT2D eigenvalue weighted by Crippen LogP contribution is -2.39. The Kier molecular flexibility index (Phi) is 3.43. The summed E-state index contributed by atoms with van der Waals surface area (Å²) in [5.74, 6) is 0.854. The molecule has 0 aromatic carbocycles. The van der Waals surface area contributed by atoms with E-state index >= 15 is 0 Å². The van der Waals surface area contributed by atoms with Crippen molar-refractivity contribution in [3.8, 4) is 0 Å². The Balaban J connectivity index is 2.27. The number of halogens is 1. The summed E-state index contributed by atoms with van der Waals surface area (Å²) in [7, 11) is 0. The Hall–Kier alpha value is -1.03. The third-order valence-electron chi connectivity index (χ3n) is 3.30. The molecular formula is C12H18ClN3O. The molecular weight excluding hydrogens is 238 g/mol. The van der Waals surface area contributed by atoms with Crippen LogP contribution in [-0.4, -0.2) is 21.0 Å². The van der Waals surface area contributed by atoms with E-state index in [-0.39, 0.29) is 11.1 Å². The average molecular weight is 256 g/mol. The molecule has 0 aliphatic heterocycles. The lowest BCUT2D eigenvalue weighted by Gasteiger charge is -2.27. The van der Waals surface area contributed by atoms with Crippen LogP contribution in [0.4, 0.5) is 5.82 Å². The SMILES string of the molecule is CCC(C)(CCl)Nc1nccn(C2CC2)c1=O. The van der Waals surface area contributed by atoms with E-state index in [1.165, 1.54) is 0 Å². The number of hydrogen-bond acceptors (Lipinski definition) is 3. The number of anilines is 1. The van der Waals surface area contributed by atoms with E-state index in [0.29, 0.717) is 17.7 Å². The van der Waals surface area contributed by atoms with Crippen molar-refractivity contribution >= 4 is 17.4 Å². The van der Waals surface area contributed by atoms with Crippen molar-refractivity contribution in [1.29, 1.82) is 0 Å². The Morgan fingerprint density at radius 1 is 1.65 bits per heavy atom. The molecule has 1 fully saturated rings. The van der Waals surface area contributed by atoms with E-state index in [2.05, 4.69) is 10.3 Å². The summed E-state index contributed by atoms with van der Waals surface area (Å²) in [6, 6.07) is 0.370. The first-order valence-electron chi connectivity index (χ1n) is 6.01. The summed E-state index contributed by atoms with van der Waals surface area (Å²) in [6.45, 7) is 4.04. The Labute approximate surface area is 106 Å². The average Bonchev–Trinajstić information content (AvgIpc) is 3.16. The molecule has 0 saturated heterocycles. The van der Waals surface area contributed by atoms with E-state index in [0.717, 1.165) is 19.3 Å². The second-order valence-corrected chi connectivity index (χ2v) is 5.16. The van der Waals surface area contributed by atoms with Crippen LogP contribution in [-0.2, 0) is 0 Å². The highest BCUT2D eigenvalue weighted by atomic mass is 35.5. The monoisotopic (exact) mass is 255 g/mol. The van der Waals surface area contributed by atoms with Gasteiger partial charge in [0.2, 0.25) is 0 Å². The molecule has 1 N–H and O–H groups in total. The van der Waals surface area contributed by atoms with Gasteiger partial charge in [-0.1, -0.05) is 6.92 Å². The molecule has 4 nitrogen and oxygen atoms in total. The fourth-order valence-corrected chi connectivity index (χ4v) is 1.91. The fraction of sp³-hybridized carbons (Fsp3) is 0.667. The first-order valence-corrected chi connectivity index (χ1v) is 6.54. The van der Waals surface area contributed by atoms with Gasteiger partial charge in [-0.05, 0) is 26.2 Å². The molecule has 0 radical (unpaired) electrons. The summed E-state index contributed by atoms with van der Waals surface area (Å²) < 4.78 is 1.76. The van der Waals surface area contributed by atoms with E-state index in [4.69, 9.17) is 11.6 Å². The summed E-state index contributed by atoms with van der Waals surface area (Å²) >= 11 is 5.93. The van der Waals surface area contributed by atoms with E-state index in [9.17, 15) is 4.79 Å².